The van der Waals surface area contributed by atoms with Gasteiger partial charge in [0.15, 0.2) is 0 Å². The lowest BCUT2D eigenvalue weighted by Gasteiger charge is -2.23. The Hall–Kier alpha value is -8.60. The van der Waals surface area contributed by atoms with E-state index < -0.39 is 12.0 Å². The maximum absolute atomic E-state index is 13.7. The third-order valence-electron chi connectivity index (χ3n) is 15.0. The number of benzene rings is 6. The number of hydrogen-bond donors (Lipinski definition) is 3. The topological polar surface area (TPSA) is 214 Å². The van der Waals surface area contributed by atoms with Crippen molar-refractivity contribution in [2.75, 3.05) is 31.7 Å². The van der Waals surface area contributed by atoms with Crippen LogP contribution in [0, 0.1) is 0 Å². The quantitative estimate of drug-likeness (QED) is 0.110. The zero-order chi connectivity index (χ0) is 51.7. The van der Waals surface area contributed by atoms with Crippen molar-refractivity contribution >= 4 is 57.5 Å². The van der Waals surface area contributed by atoms with E-state index in [0.717, 1.165) is 88.0 Å². The van der Waals surface area contributed by atoms with E-state index in [2.05, 4.69) is 49.1 Å². The SMILES string of the molecule is COC(=O)C1CCCN1Cc1ccccc1-c1ccc2nc(N)nc(C(=O)N3Cc4ccccc4C3)c2c1.Nc1nc(C(=O)N2Cc3ccccc3C2)c2cc(-c3ccccc3CN3CCCC3C(=O)O)ccc2n1. The predicted molar refractivity (Wildman–Crippen MR) is 285 cm³/mol. The average molecular weight is 1000 g/mol. The van der Waals surface area contributed by atoms with Gasteiger partial charge in [-0.15, -0.1) is 0 Å². The smallest absolute Gasteiger partial charge is 0.323 e. The fraction of sp³-hybridized carbons (Fsp3) is 0.254. The van der Waals surface area contributed by atoms with Gasteiger partial charge in [-0.3, -0.25) is 29.0 Å². The van der Waals surface area contributed by atoms with Gasteiger partial charge in [0.1, 0.15) is 23.5 Å². The third kappa shape index (κ3) is 9.85. The van der Waals surface area contributed by atoms with Crippen molar-refractivity contribution in [3.63, 3.8) is 0 Å². The molecule has 2 saturated heterocycles. The first-order valence-corrected chi connectivity index (χ1v) is 25.3. The molecule has 4 aliphatic rings. The lowest BCUT2D eigenvalue weighted by Crippen LogP contribution is -2.36. The number of likely N-dealkylation sites (tertiary alicyclic amines) is 2. The van der Waals surface area contributed by atoms with Crippen molar-refractivity contribution in [3.05, 3.63) is 178 Å². The van der Waals surface area contributed by atoms with Crippen LogP contribution in [0.3, 0.4) is 0 Å². The fourth-order valence-electron chi connectivity index (χ4n) is 11.2. The molecular weight excluding hydrogens is 945 g/mol. The third-order valence-corrected chi connectivity index (χ3v) is 15.0. The van der Waals surface area contributed by atoms with Gasteiger partial charge in [0.25, 0.3) is 11.8 Å². The Kier molecular flexibility index (Phi) is 13.4. The second kappa shape index (κ2) is 20.7. The molecule has 6 heterocycles. The number of amides is 2. The molecule has 6 aromatic carbocycles. The normalized spacial score (nSPS) is 17.2. The van der Waals surface area contributed by atoms with Gasteiger partial charge in [0.2, 0.25) is 11.9 Å². The first-order chi connectivity index (χ1) is 36.5. The molecule has 75 heavy (non-hydrogen) atoms. The largest absolute Gasteiger partial charge is 0.480 e. The molecule has 8 aromatic rings. The molecule has 0 spiro atoms. The maximum atomic E-state index is 13.7. The van der Waals surface area contributed by atoms with Crippen LogP contribution in [0.1, 0.15) is 80.0 Å². The van der Waals surface area contributed by atoms with Gasteiger partial charge in [-0.1, -0.05) is 109 Å². The van der Waals surface area contributed by atoms with E-state index in [0.29, 0.717) is 78.9 Å². The minimum absolute atomic E-state index is 0.0643. The van der Waals surface area contributed by atoms with Crippen LogP contribution in [0.4, 0.5) is 11.9 Å². The van der Waals surface area contributed by atoms with Gasteiger partial charge in [0, 0.05) is 50.0 Å². The second-order valence-corrected chi connectivity index (χ2v) is 19.6. The molecule has 2 aromatic heterocycles. The summed E-state index contributed by atoms with van der Waals surface area (Å²) >= 11 is 0. The van der Waals surface area contributed by atoms with Crippen molar-refractivity contribution in [1.29, 1.82) is 0 Å². The first-order valence-electron chi connectivity index (χ1n) is 25.3. The summed E-state index contributed by atoms with van der Waals surface area (Å²) in [6.07, 6.45) is 3.30. The summed E-state index contributed by atoms with van der Waals surface area (Å²) in [7, 11) is 1.44. The zero-order valence-electron chi connectivity index (χ0n) is 41.6. The molecule has 16 heteroatoms. The molecule has 0 bridgehead atoms. The number of carbonyl (C=O) groups is 4. The summed E-state index contributed by atoms with van der Waals surface area (Å²) in [5.41, 5.74) is 24.5. The van der Waals surface area contributed by atoms with Gasteiger partial charge in [-0.2, -0.15) is 0 Å². The van der Waals surface area contributed by atoms with Gasteiger partial charge >= 0.3 is 11.9 Å². The van der Waals surface area contributed by atoms with E-state index in [-0.39, 0.29) is 35.7 Å². The highest BCUT2D eigenvalue weighted by Gasteiger charge is 2.34. The van der Waals surface area contributed by atoms with E-state index in [1.807, 2.05) is 114 Å². The predicted octanol–water partition coefficient (Wildman–Crippen LogP) is 8.26. The number of rotatable bonds is 10. The van der Waals surface area contributed by atoms with Crippen molar-refractivity contribution < 1.29 is 29.0 Å². The molecule has 0 saturated carbocycles. The van der Waals surface area contributed by atoms with E-state index in [1.54, 1.807) is 9.80 Å². The average Bonchev–Trinajstić information content (AvgIpc) is 4.27. The second-order valence-electron chi connectivity index (χ2n) is 19.6. The lowest BCUT2D eigenvalue weighted by molar-refractivity contribution is -0.146. The van der Waals surface area contributed by atoms with E-state index in [4.69, 9.17) is 16.2 Å². The van der Waals surface area contributed by atoms with Crippen LogP contribution in [0.25, 0.3) is 44.1 Å². The van der Waals surface area contributed by atoms with Crippen LogP contribution in [-0.4, -0.2) is 101 Å². The Morgan fingerprint density at radius 3 is 1.37 bits per heavy atom. The molecule has 16 nitrogen and oxygen atoms in total. The van der Waals surface area contributed by atoms with Crippen LogP contribution in [0.2, 0.25) is 0 Å². The standard InChI is InChI=1S/C30H29N5O3.C29H27N5O3/c1-38-29(37)26-11-6-14-34(26)18-22-9-4-5-10-23(22)19-12-13-25-24(15-19)27(33-30(31)32-25)28(36)35-16-20-7-2-3-8-21(20)17-35;30-29-31-24-12-11-18(22-9-4-3-8-21(22)17-33-13-5-10-25(33)28(36)37)14-23(24)26(32-29)27(35)34-15-19-6-1-2-7-20(19)16-34/h2-5,7-10,12-13,15,26H,6,11,14,16-18H2,1H3,(H2,31,32,33);1-4,6-9,11-12,14,25H,5,10,13,15-17H2,(H,36,37)(H2,30,31,32). The van der Waals surface area contributed by atoms with Gasteiger partial charge in [-0.25, -0.2) is 19.9 Å². The maximum Gasteiger partial charge on any atom is 0.323 e. The Morgan fingerprint density at radius 2 is 0.947 bits per heavy atom. The van der Waals surface area contributed by atoms with Crippen LogP contribution in [0.15, 0.2) is 133 Å². The number of nitrogens with two attached hydrogens (primary N) is 2. The Bertz CT molecular complexity index is 3500. The van der Waals surface area contributed by atoms with Crippen LogP contribution in [0.5, 0.6) is 0 Å². The molecule has 5 N–H and O–H groups in total. The van der Waals surface area contributed by atoms with Crippen molar-refractivity contribution in [2.45, 2.75) is 77.0 Å². The molecule has 4 aliphatic heterocycles. The molecule has 2 fully saturated rings. The minimum Gasteiger partial charge on any atom is -0.480 e. The Labute approximate surface area is 433 Å². The Morgan fingerprint density at radius 1 is 0.547 bits per heavy atom. The number of nitrogen functional groups attached to an aromatic ring is 2. The van der Waals surface area contributed by atoms with Crippen LogP contribution in [-0.2, 0) is 53.6 Å². The van der Waals surface area contributed by atoms with E-state index in [9.17, 15) is 24.3 Å². The number of carboxylic acids is 1. The summed E-state index contributed by atoms with van der Waals surface area (Å²) in [5.74, 6) is -1.16. The molecular formula is C59H56N10O6. The molecule has 2 atom stereocenters. The van der Waals surface area contributed by atoms with Gasteiger partial charge < -0.3 is 31.1 Å². The zero-order valence-corrected chi connectivity index (χ0v) is 41.6. The number of hydrogen-bond acceptors (Lipinski definition) is 13. The fourth-order valence-corrected chi connectivity index (χ4v) is 11.2. The number of ether oxygens (including phenoxy) is 1. The summed E-state index contributed by atoms with van der Waals surface area (Å²) in [6, 6.07) is 43.2. The highest BCUT2D eigenvalue weighted by atomic mass is 16.5. The van der Waals surface area contributed by atoms with E-state index in [1.165, 1.54) is 7.11 Å². The molecule has 378 valence electrons. The van der Waals surface area contributed by atoms with Crippen molar-refractivity contribution in [3.8, 4) is 22.3 Å². The highest BCUT2D eigenvalue weighted by molar-refractivity contribution is 6.07. The lowest BCUT2D eigenvalue weighted by atomic mass is 9.97. The summed E-state index contributed by atoms with van der Waals surface area (Å²) in [4.78, 5) is 76.7. The molecule has 0 radical (unpaired) electrons. The van der Waals surface area contributed by atoms with Gasteiger partial charge in [-0.05, 0) is 119 Å². The number of esters is 1. The van der Waals surface area contributed by atoms with Crippen molar-refractivity contribution in [1.82, 2.24) is 39.5 Å². The molecule has 12 rings (SSSR count). The summed E-state index contributed by atoms with van der Waals surface area (Å²) < 4.78 is 5.03. The molecule has 2 unspecified atom stereocenters. The summed E-state index contributed by atoms with van der Waals surface area (Å²) in [6.45, 7) is 4.92. The number of aromatic nitrogens is 4. The van der Waals surface area contributed by atoms with Crippen molar-refractivity contribution in [2.24, 2.45) is 0 Å². The number of carbonyl (C=O) groups excluding carboxylic acids is 3. The molecule has 0 aliphatic carbocycles. The number of methoxy groups -OCH3 is 1. The van der Waals surface area contributed by atoms with Crippen LogP contribution >= 0.6 is 0 Å². The Balaban J connectivity index is 0.000000161. The van der Waals surface area contributed by atoms with Crippen LogP contribution < -0.4 is 11.5 Å². The van der Waals surface area contributed by atoms with Gasteiger partial charge in [0.05, 0.1) is 18.1 Å². The van der Waals surface area contributed by atoms with E-state index >= 15 is 0 Å². The monoisotopic (exact) mass is 1000 g/mol. The number of anilines is 2. The number of aliphatic carboxylic acids is 1. The molecule has 2 amide bonds. The minimum atomic E-state index is -0.775. The summed E-state index contributed by atoms with van der Waals surface area (Å²) in [5, 5.41) is 10.9. The number of nitrogens with zero attached hydrogens (tertiary/aromatic N) is 8. The number of fused-ring (bicyclic) bond motifs is 4. The highest BCUT2D eigenvalue weighted by Crippen LogP contribution is 2.35. The first kappa shape index (κ1) is 48.7. The number of carboxylic acid groups (broad SMARTS) is 1.